The Morgan fingerprint density at radius 3 is 2.67 bits per heavy atom. The van der Waals surface area contributed by atoms with Crippen LogP contribution in [-0.4, -0.2) is 49.1 Å². The van der Waals surface area contributed by atoms with Gasteiger partial charge < -0.3 is 10.2 Å². The Hall–Kier alpha value is 0.270. The molecule has 1 saturated carbocycles. The molecule has 0 aromatic heterocycles. The highest BCUT2D eigenvalue weighted by Crippen LogP contribution is 2.17. The largest absolute Gasteiger partial charge is 0.314 e. The number of hydrogen-bond acceptors (Lipinski definition) is 3. The van der Waals surface area contributed by atoms with Crippen LogP contribution in [0.2, 0.25) is 0 Å². The number of hydrogen-bond donors (Lipinski definition) is 1. The maximum absolute atomic E-state index is 3.73. The maximum Gasteiger partial charge on any atom is 0.00717 e. The molecule has 1 rings (SSSR count). The molecule has 1 fully saturated rings. The summed E-state index contributed by atoms with van der Waals surface area (Å²) in [6.45, 7) is 4.78. The lowest BCUT2D eigenvalue weighted by atomic mass is 9.95. The van der Waals surface area contributed by atoms with E-state index in [9.17, 15) is 0 Å². The highest BCUT2D eigenvalue weighted by molar-refractivity contribution is 7.98. The maximum atomic E-state index is 3.73. The molecule has 0 amide bonds. The average Bonchev–Trinajstić information content (AvgIpc) is 2.41. The van der Waals surface area contributed by atoms with Gasteiger partial charge in [-0.25, -0.2) is 0 Å². The van der Waals surface area contributed by atoms with Gasteiger partial charge >= 0.3 is 0 Å². The molecule has 1 atom stereocenters. The number of rotatable bonds is 9. The second-order valence-electron chi connectivity index (χ2n) is 5.75. The second kappa shape index (κ2) is 10.1. The van der Waals surface area contributed by atoms with E-state index in [1.165, 1.54) is 63.8 Å². The summed E-state index contributed by atoms with van der Waals surface area (Å²) < 4.78 is 0. The van der Waals surface area contributed by atoms with Crippen LogP contribution < -0.4 is 5.32 Å². The second-order valence-corrected chi connectivity index (χ2v) is 6.74. The predicted octanol–water partition coefficient (Wildman–Crippen LogP) is 3.37. The molecule has 0 heterocycles. The molecule has 108 valence electrons. The van der Waals surface area contributed by atoms with Crippen LogP contribution >= 0.6 is 11.8 Å². The SMILES string of the molecule is CSCCC(C)N(C)CCCNC1CCCCC1. The number of nitrogens with one attached hydrogen (secondary N) is 1. The molecule has 1 unspecified atom stereocenters. The van der Waals surface area contributed by atoms with Crippen LogP contribution in [0.25, 0.3) is 0 Å². The molecule has 0 aromatic rings. The summed E-state index contributed by atoms with van der Waals surface area (Å²) in [5.41, 5.74) is 0. The van der Waals surface area contributed by atoms with Crippen LogP contribution in [0.3, 0.4) is 0 Å². The van der Waals surface area contributed by atoms with Crippen molar-refractivity contribution in [3.8, 4) is 0 Å². The van der Waals surface area contributed by atoms with E-state index in [4.69, 9.17) is 0 Å². The smallest absolute Gasteiger partial charge is 0.00717 e. The van der Waals surface area contributed by atoms with E-state index >= 15 is 0 Å². The van der Waals surface area contributed by atoms with Gasteiger partial charge in [-0.1, -0.05) is 19.3 Å². The van der Waals surface area contributed by atoms with Gasteiger partial charge in [-0.3, -0.25) is 0 Å². The Morgan fingerprint density at radius 2 is 2.00 bits per heavy atom. The molecule has 0 aliphatic heterocycles. The van der Waals surface area contributed by atoms with Crippen LogP contribution in [0.5, 0.6) is 0 Å². The zero-order chi connectivity index (χ0) is 13.2. The fraction of sp³-hybridized carbons (Fsp3) is 1.00. The molecule has 1 aliphatic carbocycles. The van der Waals surface area contributed by atoms with Gasteiger partial charge in [-0.2, -0.15) is 11.8 Å². The van der Waals surface area contributed by atoms with Crippen molar-refractivity contribution in [1.82, 2.24) is 10.2 Å². The highest BCUT2D eigenvalue weighted by Gasteiger charge is 2.12. The molecular formula is C15H32N2S. The lowest BCUT2D eigenvalue weighted by Gasteiger charge is -2.26. The molecule has 2 nitrogen and oxygen atoms in total. The van der Waals surface area contributed by atoms with Gasteiger partial charge in [0.05, 0.1) is 0 Å². The number of nitrogens with zero attached hydrogens (tertiary/aromatic N) is 1. The summed E-state index contributed by atoms with van der Waals surface area (Å²) in [6, 6.07) is 1.55. The standard InChI is InChI=1S/C15H32N2S/c1-14(10-13-18-3)17(2)12-7-11-16-15-8-5-4-6-9-15/h14-16H,4-13H2,1-3H3. The third-order valence-corrected chi connectivity index (χ3v) is 4.86. The lowest BCUT2D eigenvalue weighted by Crippen LogP contribution is -2.35. The quantitative estimate of drug-likeness (QED) is 0.648. The van der Waals surface area contributed by atoms with Gasteiger partial charge in [0.1, 0.15) is 0 Å². The Bertz CT molecular complexity index is 193. The fourth-order valence-electron chi connectivity index (χ4n) is 2.67. The molecule has 0 bridgehead atoms. The zero-order valence-corrected chi connectivity index (χ0v) is 13.4. The summed E-state index contributed by atoms with van der Waals surface area (Å²) in [6.07, 6.45) is 11.9. The monoisotopic (exact) mass is 272 g/mol. The van der Waals surface area contributed by atoms with Crippen molar-refractivity contribution >= 4 is 11.8 Å². The van der Waals surface area contributed by atoms with Gasteiger partial charge in [0.15, 0.2) is 0 Å². The Balaban J connectivity index is 1.98. The van der Waals surface area contributed by atoms with Gasteiger partial charge in [0.2, 0.25) is 0 Å². The predicted molar refractivity (Wildman–Crippen MR) is 84.6 cm³/mol. The van der Waals surface area contributed by atoms with Crippen LogP contribution in [-0.2, 0) is 0 Å². The van der Waals surface area contributed by atoms with E-state index in [0.29, 0.717) is 0 Å². The molecule has 1 aliphatic rings. The first-order valence-electron chi connectivity index (χ1n) is 7.66. The van der Waals surface area contributed by atoms with E-state index in [1.54, 1.807) is 0 Å². The molecule has 0 radical (unpaired) electrons. The van der Waals surface area contributed by atoms with Gasteiger partial charge in [0, 0.05) is 12.1 Å². The van der Waals surface area contributed by atoms with E-state index in [2.05, 4.69) is 30.4 Å². The van der Waals surface area contributed by atoms with Crippen LogP contribution in [0, 0.1) is 0 Å². The van der Waals surface area contributed by atoms with Crippen LogP contribution in [0.15, 0.2) is 0 Å². The first-order chi connectivity index (χ1) is 8.74. The van der Waals surface area contributed by atoms with Crippen molar-refractivity contribution in [2.45, 2.75) is 64.0 Å². The van der Waals surface area contributed by atoms with Gasteiger partial charge in [-0.05, 0) is 64.8 Å². The Labute approximate surface area is 118 Å². The molecule has 1 N–H and O–H groups in total. The normalized spacial score (nSPS) is 19.3. The summed E-state index contributed by atoms with van der Waals surface area (Å²) in [7, 11) is 2.27. The van der Waals surface area contributed by atoms with Crippen molar-refractivity contribution < 1.29 is 0 Å². The zero-order valence-electron chi connectivity index (χ0n) is 12.6. The first-order valence-corrected chi connectivity index (χ1v) is 9.06. The topological polar surface area (TPSA) is 15.3 Å². The molecular weight excluding hydrogens is 240 g/mol. The van der Waals surface area contributed by atoms with Crippen molar-refractivity contribution in [3.05, 3.63) is 0 Å². The minimum atomic E-state index is 0.729. The molecule has 0 saturated heterocycles. The van der Waals surface area contributed by atoms with Crippen molar-refractivity contribution in [2.24, 2.45) is 0 Å². The molecule has 0 aromatic carbocycles. The third-order valence-electron chi connectivity index (χ3n) is 4.22. The first kappa shape index (κ1) is 16.3. The van der Waals surface area contributed by atoms with Crippen molar-refractivity contribution in [1.29, 1.82) is 0 Å². The minimum absolute atomic E-state index is 0.729. The third kappa shape index (κ3) is 7.01. The van der Waals surface area contributed by atoms with E-state index in [1.807, 2.05) is 11.8 Å². The van der Waals surface area contributed by atoms with E-state index in [0.717, 1.165) is 12.1 Å². The number of thioether (sulfide) groups is 1. The van der Waals surface area contributed by atoms with Crippen LogP contribution in [0.1, 0.15) is 51.9 Å². The van der Waals surface area contributed by atoms with Gasteiger partial charge in [0.25, 0.3) is 0 Å². The summed E-state index contributed by atoms with van der Waals surface area (Å²) in [5, 5.41) is 3.73. The summed E-state index contributed by atoms with van der Waals surface area (Å²) >= 11 is 1.96. The summed E-state index contributed by atoms with van der Waals surface area (Å²) in [5.74, 6) is 1.28. The van der Waals surface area contributed by atoms with Crippen molar-refractivity contribution in [2.75, 3.05) is 32.1 Å². The minimum Gasteiger partial charge on any atom is -0.314 e. The highest BCUT2D eigenvalue weighted by atomic mass is 32.2. The Morgan fingerprint density at radius 1 is 1.28 bits per heavy atom. The lowest BCUT2D eigenvalue weighted by molar-refractivity contribution is 0.246. The van der Waals surface area contributed by atoms with Crippen molar-refractivity contribution in [3.63, 3.8) is 0 Å². The fourth-order valence-corrected chi connectivity index (χ4v) is 3.25. The molecule has 3 heteroatoms. The molecule has 0 spiro atoms. The van der Waals surface area contributed by atoms with Crippen LogP contribution in [0.4, 0.5) is 0 Å². The summed E-state index contributed by atoms with van der Waals surface area (Å²) in [4.78, 5) is 2.51. The molecule has 18 heavy (non-hydrogen) atoms. The average molecular weight is 273 g/mol. The van der Waals surface area contributed by atoms with E-state index < -0.39 is 0 Å². The van der Waals surface area contributed by atoms with Gasteiger partial charge in [-0.15, -0.1) is 0 Å². The Kier molecular flexibility index (Phi) is 9.16. The van der Waals surface area contributed by atoms with E-state index in [-0.39, 0.29) is 0 Å².